The van der Waals surface area contributed by atoms with Crippen molar-refractivity contribution in [3.63, 3.8) is 0 Å². The Morgan fingerprint density at radius 1 is 1.46 bits per heavy atom. The molecule has 2 N–H and O–H groups in total. The smallest absolute Gasteiger partial charge is 0.236 e. The molecular formula is C9H19N3O. The second-order valence-corrected chi connectivity index (χ2v) is 3.90. The van der Waals surface area contributed by atoms with E-state index in [0.717, 1.165) is 25.9 Å². The molecule has 13 heavy (non-hydrogen) atoms. The fourth-order valence-electron chi connectivity index (χ4n) is 1.44. The first-order valence-electron chi connectivity index (χ1n) is 4.77. The molecule has 1 fully saturated rings. The average molecular weight is 185 g/mol. The number of amides is 1. The number of nitrogens with zero attached hydrogens (tertiary/aromatic N) is 2. The van der Waals surface area contributed by atoms with Crippen LogP contribution >= 0.6 is 0 Å². The fraction of sp³-hybridized carbons (Fsp3) is 0.889. The fourth-order valence-corrected chi connectivity index (χ4v) is 1.44. The quantitative estimate of drug-likeness (QED) is 0.631. The molecule has 0 bridgehead atoms. The van der Waals surface area contributed by atoms with Crippen molar-refractivity contribution in [2.75, 3.05) is 33.7 Å². The second kappa shape index (κ2) is 4.58. The van der Waals surface area contributed by atoms with Gasteiger partial charge in [0.2, 0.25) is 5.91 Å². The molecule has 0 atom stereocenters. The predicted molar refractivity (Wildman–Crippen MR) is 52.3 cm³/mol. The molecule has 76 valence electrons. The number of rotatable bonds is 2. The maximum absolute atomic E-state index is 11.3. The Hall–Kier alpha value is -0.610. The molecule has 1 saturated heterocycles. The van der Waals surface area contributed by atoms with E-state index in [1.165, 1.54) is 0 Å². The van der Waals surface area contributed by atoms with Crippen molar-refractivity contribution in [3.05, 3.63) is 0 Å². The van der Waals surface area contributed by atoms with E-state index >= 15 is 0 Å². The van der Waals surface area contributed by atoms with E-state index in [-0.39, 0.29) is 5.91 Å². The summed E-state index contributed by atoms with van der Waals surface area (Å²) in [5.41, 5.74) is 5.77. The summed E-state index contributed by atoms with van der Waals surface area (Å²) in [4.78, 5) is 15.2. The van der Waals surface area contributed by atoms with Gasteiger partial charge in [0.05, 0.1) is 6.54 Å². The van der Waals surface area contributed by atoms with E-state index in [0.29, 0.717) is 12.6 Å². The molecule has 4 heteroatoms. The van der Waals surface area contributed by atoms with Gasteiger partial charge in [-0.25, -0.2) is 0 Å². The van der Waals surface area contributed by atoms with Gasteiger partial charge >= 0.3 is 0 Å². The third kappa shape index (κ3) is 3.32. The molecule has 1 aliphatic rings. The molecule has 1 heterocycles. The van der Waals surface area contributed by atoms with Crippen molar-refractivity contribution in [1.29, 1.82) is 0 Å². The summed E-state index contributed by atoms with van der Waals surface area (Å²) >= 11 is 0. The molecule has 0 saturated carbocycles. The van der Waals surface area contributed by atoms with Crippen LogP contribution in [0.25, 0.3) is 0 Å². The summed E-state index contributed by atoms with van der Waals surface area (Å²) < 4.78 is 0. The zero-order chi connectivity index (χ0) is 9.84. The van der Waals surface area contributed by atoms with Crippen molar-refractivity contribution >= 4 is 5.91 Å². The summed E-state index contributed by atoms with van der Waals surface area (Å²) in [5.74, 6) is 0.176. The highest BCUT2D eigenvalue weighted by molar-refractivity contribution is 5.77. The lowest BCUT2D eigenvalue weighted by atomic mass is 10.1. The first-order chi connectivity index (χ1) is 6.09. The maximum atomic E-state index is 11.3. The minimum atomic E-state index is 0.176. The summed E-state index contributed by atoms with van der Waals surface area (Å²) in [6, 6.07) is 0.339. The van der Waals surface area contributed by atoms with Crippen LogP contribution in [0.4, 0.5) is 0 Å². The molecule has 0 unspecified atom stereocenters. The van der Waals surface area contributed by atoms with Crippen LogP contribution in [0.15, 0.2) is 0 Å². The highest BCUT2D eigenvalue weighted by atomic mass is 16.2. The van der Waals surface area contributed by atoms with Crippen LogP contribution in [0.5, 0.6) is 0 Å². The molecule has 0 aromatic rings. The molecule has 1 aliphatic heterocycles. The molecule has 0 aromatic heterocycles. The van der Waals surface area contributed by atoms with Crippen molar-refractivity contribution in [2.45, 2.75) is 18.9 Å². The number of likely N-dealkylation sites (N-methyl/N-ethyl adjacent to an activating group) is 1. The van der Waals surface area contributed by atoms with Crippen molar-refractivity contribution in [2.24, 2.45) is 5.73 Å². The van der Waals surface area contributed by atoms with Crippen LogP contribution in [-0.4, -0.2) is 55.5 Å². The normalized spacial score (nSPS) is 20.2. The standard InChI is InChI=1S/C9H19N3O/c1-11(2)9(13)7-12-5-3-8(10)4-6-12/h8H,3-7,10H2,1-2H3. The molecule has 0 spiro atoms. The van der Waals surface area contributed by atoms with E-state index in [1.54, 1.807) is 19.0 Å². The minimum Gasteiger partial charge on any atom is -0.348 e. The van der Waals surface area contributed by atoms with Gasteiger partial charge in [0, 0.05) is 33.2 Å². The van der Waals surface area contributed by atoms with Crippen LogP contribution in [0.3, 0.4) is 0 Å². The molecule has 0 aromatic carbocycles. The topological polar surface area (TPSA) is 49.6 Å². The van der Waals surface area contributed by atoms with Gasteiger partial charge in [0.25, 0.3) is 0 Å². The Morgan fingerprint density at radius 3 is 2.46 bits per heavy atom. The first-order valence-corrected chi connectivity index (χ1v) is 4.77. The maximum Gasteiger partial charge on any atom is 0.236 e. The highest BCUT2D eigenvalue weighted by Crippen LogP contribution is 2.07. The van der Waals surface area contributed by atoms with Gasteiger partial charge in [-0.1, -0.05) is 0 Å². The number of nitrogens with two attached hydrogens (primary N) is 1. The summed E-state index contributed by atoms with van der Waals surface area (Å²) in [6.45, 7) is 2.46. The van der Waals surface area contributed by atoms with Crippen LogP contribution < -0.4 is 5.73 Å². The molecular weight excluding hydrogens is 166 g/mol. The van der Waals surface area contributed by atoms with E-state index in [4.69, 9.17) is 5.73 Å². The first kappa shape index (κ1) is 10.5. The van der Waals surface area contributed by atoms with Crippen LogP contribution in [0.1, 0.15) is 12.8 Å². The third-order valence-corrected chi connectivity index (χ3v) is 2.49. The van der Waals surface area contributed by atoms with Gasteiger partial charge in [-0.2, -0.15) is 0 Å². The number of piperidine rings is 1. The molecule has 1 rings (SSSR count). The number of hydrogen-bond donors (Lipinski definition) is 1. The van der Waals surface area contributed by atoms with Gasteiger partial charge in [-0.05, 0) is 12.8 Å². The van der Waals surface area contributed by atoms with Crippen molar-refractivity contribution in [1.82, 2.24) is 9.80 Å². The Morgan fingerprint density at radius 2 is 2.00 bits per heavy atom. The van der Waals surface area contributed by atoms with E-state index < -0.39 is 0 Å². The number of hydrogen-bond acceptors (Lipinski definition) is 3. The lowest BCUT2D eigenvalue weighted by molar-refractivity contribution is -0.130. The molecule has 4 nitrogen and oxygen atoms in total. The highest BCUT2D eigenvalue weighted by Gasteiger charge is 2.18. The lowest BCUT2D eigenvalue weighted by Crippen LogP contribution is -2.44. The van der Waals surface area contributed by atoms with E-state index in [2.05, 4.69) is 4.90 Å². The van der Waals surface area contributed by atoms with Crippen LogP contribution in [0.2, 0.25) is 0 Å². The lowest BCUT2D eigenvalue weighted by Gasteiger charge is -2.30. The predicted octanol–water partition coefficient (Wildman–Crippen LogP) is -0.502. The summed E-state index contributed by atoms with van der Waals surface area (Å²) in [7, 11) is 3.58. The Labute approximate surface area is 79.7 Å². The largest absolute Gasteiger partial charge is 0.348 e. The van der Waals surface area contributed by atoms with Gasteiger partial charge in [0.1, 0.15) is 0 Å². The van der Waals surface area contributed by atoms with Crippen LogP contribution in [0, 0.1) is 0 Å². The molecule has 0 aliphatic carbocycles. The summed E-state index contributed by atoms with van der Waals surface area (Å²) in [5, 5.41) is 0. The van der Waals surface area contributed by atoms with Gasteiger partial charge in [-0.3, -0.25) is 9.69 Å². The van der Waals surface area contributed by atoms with Gasteiger partial charge in [-0.15, -0.1) is 0 Å². The summed E-state index contributed by atoms with van der Waals surface area (Å²) in [6.07, 6.45) is 2.03. The Balaban J connectivity index is 2.26. The van der Waals surface area contributed by atoms with Crippen LogP contribution in [-0.2, 0) is 4.79 Å². The number of carbonyl (C=O) groups excluding carboxylic acids is 1. The SMILES string of the molecule is CN(C)C(=O)CN1CCC(N)CC1. The van der Waals surface area contributed by atoms with E-state index in [9.17, 15) is 4.79 Å². The van der Waals surface area contributed by atoms with E-state index in [1.807, 2.05) is 0 Å². The zero-order valence-electron chi connectivity index (χ0n) is 8.49. The number of likely N-dealkylation sites (tertiary alicyclic amines) is 1. The van der Waals surface area contributed by atoms with Gasteiger partial charge in [0.15, 0.2) is 0 Å². The third-order valence-electron chi connectivity index (χ3n) is 2.49. The molecule has 0 radical (unpaired) electrons. The minimum absolute atomic E-state index is 0.176. The monoisotopic (exact) mass is 185 g/mol. The molecule has 1 amide bonds. The van der Waals surface area contributed by atoms with Gasteiger partial charge < -0.3 is 10.6 Å². The van der Waals surface area contributed by atoms with Crippen molar-refractivity contribution < 1.29 is 4.79 Å². The Kier molecular flexibility index (Phi) is 3.69. The average Bonchev–Trinajstić information content (AvgIpc) is 2.08. The zero-order valence-corrected chi connectivity index (χ0v) is 8.49. The van der Waals surface area contributed by atoms with Crippen molar-refractivity contribution in [3.8, 4) is 0 Å². The number of carbonyl (C=O) groups is 1. The Bertz CT molecular complexity index is 174. The second-order valence-electron chi connectivity index (χ2n) is 3.90.